The second kappa shape index (κ2) is 16.5. The van der Waals surface area contributed by atoms with Crippen molar-refractivity contribution < 1.29 is 111 Å². The zero-order valence-corrected chi connectivity index (χ0v) is 13.5. The Labute approximate surface area is 146 Å². The summed E-state index contributed by atoms with van der Waals surface area (Å²) >= 11 is 0. The van der Waals surface area contributed by atoms with Crippen LogP contribution >= 0.6 is 0 Å². The minimum atomic E-state index is -1.63. The van der Waals surface area contributed by atoms with Gasteiger partial charge in [-0.3, -0.25) is 4.79 Å². The van der Waals surface area contributed by atoms with E-state index in [0.29, 0.717) is 0 Å². The third-order valence-electron chi connectivity index (χ3n) is 0.591. The summed E-state index contributed by atoms with van der Waals surface area (Å²) in [7, 11) is 0. The number of carboxylic acids is 3. The summed E-state index contributed by atoms with van der Waals surface area (Å²) < 4.78 is 0. The molecule has 70 valence electrons. The SMILES string of the molecule is CCC(=O)O.O=C([O-])CC(=O)[O-].[K+].[Na+]. The molecule has 1 N–H and O–H groups in total. The number of rotatable bonds is 3. The summed E-state index contributed by atoms with van der Waals surface area (Å²) in [5.41, 5.74) is 0. The maximum Gasteiger partial charge on any atom is 1.00 e. The smallest absolute Gasteiger partial charge is 0.550 e. The molecule has 0 saturated heterocycles. The summed E-state index contributed by atoms with van der Waals surface area (Å²) in [4.78, 5) is 27.9. The zero-order chi connectivity index (χ0) is 10.1. The molecule has 0 spiro atoms. The number of carboxylic acid groups (broad SMARTS) is 3. The Kier molecular flexibility index (Phi) is 28.6. The summed E-state index contributed by atoms with van der Waals surface area (Å²) in [6, 6.07) is 0. The van der Waals surface area contributed by atoms with Gasteiger partial charge in [-0.15, -0.1) is 0 Å². The van der Waals surface area contributed by atoms with Gasteiger partial charge in [-0.2, -0.15) is 0 Å². The first-order valence-electron chi connectivity index (χ1n) is 3.01. The molecule has 0 aliphatic rings. The topological polar surface area (TPSA) is 118 Å². The predicted octanol–water partition coefficient (Wildman–Crippen LogP) is -8.63. The van der Waals surface area contributed by atoms with Crippen molar-refractivity contribution >= 4 is 17.9 Å². The van der Waals surface area contributed by atoms with E-state index >= 15 is 0 Å². The molecule has 0 unspecified atom stereocenters. The molecule has 0 aromatic heterocycles. The van der Waals surface area contributed by atoms with Crippen LogP contribution < -0.4 is 91.2 Å². The van der Waals surface area contributed by atoms with Crippen LogP contribution in [-0.4, -0.2) is 23.0 Å². The van der Waals surface area contributed by atoms with Crippen molar-refractivity contribution in [2.24, 2.45) is 0 Å². The van der Waals surface area contributed by atoms with Crippen LogP contribution in [0.25, 0.3) is 0 Å². The Balaban J connectivity index is -0.0000000651. The van der Waals surface area contributed by atoms with Gasteiger partial charge in [-0.25, -0.2) is 0 Å². The van der Waals surface area contributed by atoms with Crippen molar-refractivity contribution in [2.45, 2.75) is 19.8 Å². The van der Waals surface area contributed by atoms with Gasteiger partial charge in [0, 0.05) is 24.8 Å². The van der Waals surface area contributed by atoms with E-state index in [9.17, 15) is 24.6 Å². The molecule has 0 amide bonds. The minimum Gasteiger partial charge on any atom is -0.550 e. The second-order valence-corrected chi connectivity index (χ2v) is 1.67. The van der Waals surface area contributed by atoms with Crippen molar-refractivity contribution in [3.05, 3.63) is 0 Å². The van der Waals surface area contributed by atoms with Crippen LogP contribution in [0.3, 0.4) is 0 Å². The Morgan fingerprint density at radius 1 is 1.14 bits per heavy atom. The maximum atomic E-state index is 9.37. The largest absolute Gasteiger partial charge is 1.00 e. The quantitative estimate of drug-likeness (QED) is 0.385. The molecule has 6 nitrogen and oxygen atoms in total. The molecule has 0 saturated carbocycles. The monoisotopic (exact) mass is 238 g/mol. The van der Waals surface area contributed by atoms with Gasteiger partial charge in [0.25, 0.3) is 0 Å². The second-order valence-electron chi connectivity index (χ2n) is 1.67. The van der Waals surface area contributed by atoms with E-state index < -0.39 is 24.3 Å². The Morgan fingerprint density at radius 3 is 1.36 bits per heavy atom. The molecule has 0 heterocycles. The molecule has 0 fully saturated rings. The van der Waals surface area contributed by atoms with Crippen molar-refractivity contribution in [3.8, 4) is 0 Å². The van der Waals surface area contributed by atoms with E-state index in [4.69, 9.17) is 5.11 Å². The van der Waals surface area contributed by atoms with E-state index in [0.717, 1.165) is 0 Å². The first-order chi connectivity index (χ1) is 5.40. The average molecular weight is 238 g/mol. The van der Waals surface area contributed by atoms with Gasteiger partial charge in [0.05, 0.1) is 0 Å². The van der Waals surface area contributed by atoms with Crippen LogP contribution in [0.2, 0.25) is 0 Å². The van der Waals surface area contributed by atoms with Gasteiger partial charge in [-0.05, 0) is 0 Å². The number of carbonyl (C=O) groups excluding carboxylic acids is 2. The van der Waals surface area contributed by atoms with Crippen molar-refractivity contribution in [1.82, 2.24) is 0 Å². The molecular formula is C6H8KNaO6. The molecule has 0 rings (SSSR count). The van der Waals surface area contributed by atoms with Crippen molar-refractivity contribution in [3.63, 3.8) is 0 Å². The Morgan fingerprint density at radius 2 is 1.36 bits per heavy atom. The maximum absolute atomic E-state index is 9.37. The average Bonchev–Trinajstić information content (AvgIpc) is 1.85. The van der Waals surface area contributed by atoms with Crippen LogP contribution in [0.4, 0.5) is 0 Å². The van der Waals surface area contributed by atoms with Crippen LogP contribution in [0.15, 0.2) is 0 Å². The van der Waals surface area contributed by atoms with E-state index in [2.05, 4.69) is 0 Å². The summed E-state index contributed by atoms with van der Waals surface area (Å²) in [5.74, 6) is -4.00. The fraction of sp³-hybridized carbons (Fsp3) is 0.500. The van der Waals surface area contributed by atoms with E-state index in [1.54, 1.807) is 6.92 Å². The van der Waals surface area contributed by atoms with E-state index in [-0.39, 0.29) is 87.4 Å². The van der Waals surface area contributed by atoms with Gasteiger partial charge in [-0.1, -0.05) is 6.92 Å². The van der Waals surface area contributed by atoms with Crippen LogP contribution in [0.1, 0.15) is 19.8 Å². The molecule has 0 aliphatic heterocycles. The zero-order valence-electron chi connectivity index (χ0n) is 8.40. The molecule has 0 atom stereocenters. The van der Waals surface area contributed by atoms with Crippen molar-refractivity contribution in [1.29, 1.82) is 0 Å². The van der Waals surface area contributed by atoms with Crippen molar-refractivity contribution in [2.75, 3.05) is 0 Å². The molecular weight excluding hydrogens is 230 g/mol. The van der Waals surface area contributed by atoms with Gasteiger partial charge < -0.3 is 24.9 Å². The van der Waals surface area contributed by atoms with Crippen LogP contribution in [-0.2, 0) is 14.4 Å². The summed E-state index contributed by atoms with van der Waals surface area (Å²) in [5, 5.41) is 26.3. The molecule has 0 radical (unpaired) electrons. The Bertz CT molecular complexity index is 171. The Hall–Kier alpha value is 1.05. The fourth-order valence-corrected chi connectivity index (χ4v) is 0.118. The fourth-order valence-electron chi connectivity index (χ4n) is 0.118. The number of carbonyl (C=O) groups is 3. The normalized spacial score (nSPS) is 6.64. The van der Waals surface area contributed by atoms with Gasteiger partial charge in [0.15, 0.2) is 0 Å². The molecule has 0 aromatic carbocycles. The molecule has 8 heteroatoms. The van der Waals surface area contributed by atoms with E-state index in [1.165, 1.54) is 0 Å². The first kappa shape index (κ1) is 24.3. The predicted molar refractivity (Wildman–Crippen MR) is 32.6 cm³/mol. The number of aliphatic carboxylic acids is 3. The van der Waals surface area contributed by atoms with E-state index in [1.807, 2.05) is 0 Å². The van der Waals surface area contributed by atoms with Crippen LogP contribution in [0, 0.1) is 0 Å². The molecule has 0 bridgehead atoms. The van der Waals surface area contributed by atoms with Crippen LogP contribution in [0.5, 0.6) is 0 Å². The number of hydrogen-bond acceptors (Lipinski definition) is 5. The first-order valence-corrected chi connectivity index (χ1v) is 3.01. The van der Waals surface area contributed by atoms with Gasteiger partial charge in [0.2, 0.25) is 0 Å². The minimum absolute atomic E-state index is 0. The molecule has 14 heavy (non-hydrogen) atoms. The third-order valence-corrected chi connectivity index (χ3v) is 0.591. The summed E-state index contributed by atoms with van der Waals surface area (Å²) in [6.07, 6.45) is -0.806. The molecule has 0 aliphatic carbocycles. The van der Waals surface area contributed by atoms with Gasteiger partial charge >= 0.3 is 86.9 Å². The number of hydrogen-bond donors (Lipinski definition) is 1. The standard InChI is InChI=1S/C3H4O4.C3H6O2.K.Na/c4-2(5)1-3(6)7;1-2-3(4)5;;/h1H2,(H,4,5)(H,6,7);2H2,1H3,(H,4,5);;/q;;2*+1/p-2. The van der Waals surface area contributed by atoms with Gasteiger partial charge in [0.1, 0.15) is 0 Å². The summed E-state index contributed by atoms with van der Waals surface area (Å²) in [6.45, 7) is 1.60. The molecule has 0 aromatic rings. The third kappa shape index (κ3) is 38.1.